The second-order valence-electron chi connectivity index (χ2n) is 8.73. The number of benzene rings is 1. The van der Waals surface area contributed by atoms with Crippen molar-refractivity contribution < 1.29 is 23.7 Å². The van der Waals surface area contributed by atoms with Gasteiger partial charge in [-0.3, -0.25) is 4.79 Å². The number of ether oxygens (including phenoxy) is 4. The zero-order valence-corrected chi connectivity index (χ0v) is 18.4. The molecular weight excluding hydrogens is 480 g/mol. The molecule has 0 radical (unpaired) electrons. The van der Waals surface area contributed by atoms with E-state index in [9.17, 15) is 4.79 Å². The van der Waals surface area contributed by atoms with Crippen LogP contribution in [0.2, 0.25) is 0 Å². The van der Waals surface area contributed by atoms with Gasteiger partial charge in [-0.15, -0.1) is 0 Å². The number of halogens is 2. The second kappa shape index (κ2) is 4.98. The van der Waals surface area contributed by atoms with E-state index < -0.39 is 16.8 Å². The number of epoxide rings is 1. The third-order valence-electron chi connectivity index (χ3n) is 7.69. The first-order valence-electron chi connectivity index (χ1n) is 9.30. The molecule has 2 heterocycles. The van der Waals surface area contributed by atoms with Crippen molar-refractivity contribution in [2.75, 3.05) is 14.2 Å². The van der Waals surface area contributed by atoms with Crippen molar-refractivity contribution in [2.45, 2.75) is 54.1 Å². The summed E-state index contributed by atoms with van der Waals surface area (Å²) in [7, 11) is 3.41. The average Bonchev–Trinajstić information content (AvgIpc) is 3.43. The van der Waals surface area contributed by atoms with E-state index in [-0.39, 0.29) is 34.8 Å². The Morgan fingerprint density at radius 2 is 1.96 bits per heavy atom. The van der Waals surface area contributed by atoms with E-state index in [1.807, 2.05) is 6.92 Å². The third kappa shape index (κ3) is 1.69. The van der Waals surface area contributed by atoms with E-state index in [4.69, 9.17) is 18.9 Å². The fourth-order valence-corrected chi connectivity index (χ4v) is 8.10. The number of alkyl halides is 1. The van der Waals surface area contributed by atoms with Crippen molar-refractivity contribution in [1.82, 2.24) is 0 Å². The van der Waals surface area contributed by atoms with E-state index in [1.165, 1.54) is 0 Å². The van der Waals surface area contributed by atoms with Crippen LogP contribution in [0.25, 0.3) is 0 Å². The lowest BCUT2D eigenvalue weighted by Crippen LogP contribution is -2.72. The summed E-state index contributed by atoms with van der Waals surface area (Å²) in [5.41, 5.74) is 2.01. The summed E-state index contributed by atoms with van der Waals surface area (Å²) in [5.74, 6) is -1.10. The van der Waals surface area contributed by atoms with Gasteiger partial charge in [0.25, 0.3) is 0 Å². The highest BCUT2D eigenvalue weighted by molar-refractivity contribution is 9.10. The molecule has 7 heteroatoms. The van der Waals surface area contributed by atoms with Gasteiger partial charge in [-0.1, -0.05) is 37.9 Å². The van der Waals surface area contributed by atoms with Gasteiger partial charge in [0.15, 0.2) is 11.4 Å². The highest BCUT2D eigenvalue weighted by atomic mass is 79.9. The lowest BCUT2D eigenvalue weighted by Gasteiger charge is -2.66. The molecule has 144 valence electrons. The smallest absolute Gasteiger partial charge is 0.312 e. The number of rotatable bonds is 2. The number of carbonyl (C=O) groups is 1. The molecule has 2 saturated heterocycles. The molecule has 1 aromatic carbocycles. The Morgan fingerprint density at radius 3 is 2.67 bits per heavy atom. The minimum Gasteiger partial charge on any atom is -0.452 e. The Morgan fingerprint density at radius 1 is 1.22 bits per heavy atom. The van der Waals surface area contributed by atoms with E-state index in [0.717, 1.165) is 21.2 Å². The van der Waals surface area contributed by atoms with E-state index in [2.05, 4.69) is 44.0 Å². The summed E-state index contributed by atoms with van der Waals surface area (Å²) in [6.45, 7) is 2.02. The van der Waals surface area contributed by atoms with Gasteiger partial charge in [-0.05, 0) is 31.4 Å². The quantitative estimate of drug-likeness (QED) is 0.267. The van der Waals surface area contributed by atoms with Gasteiger partial charge >= 0.3 is 5.97 Å². The topological polar surface area (TPSA) is 57.3 Å². The molecule has 5 nitrogen and oxygen atoms in total. The molecule has 6 rings (SSSR count). The van der Waals surface area contributed by atoms with E-state index >= 15 is 0 Å². The van der Waals surface area contributed by atoms with Crippen LogP contribution in [0.4, 0.5) is 0 Å². The second-order valence-corrected chi connectivity index (χ2v) is 10.6. The molecule has 0 aromatic heterocycles. The lowest BCUT2D eigenvalue weighted by atomic mass is 9.48. The molecule has 3 aliphatic carbocycles. The number of fused-ring (bicyclic) bond motifs is 5. The Balaban J connectivity index is 1.76. The number of hydrogen-bond acceptors (Lipinski definition) is 5. The minimum absolute atomic E-state index is 0.0221. The minimum atomic E-state index is -0.856. The summed E-state index contributed by atoms with van der Waals surface area (Å²) in [6.07, 6.45) is 1.34. The average molecular weight is 500 g/mol. The molecule has 27 heavy (non-hydrogen) atoms. The normalized spacial score (nSPS) is 47.1. The molecule has 3 bridgehead atoms. The van der Waals surface area contributed by atoms with Gasteiger partial charge in [-0.2, -0.15) is 0 Å². The molecule has 1 aromatic rings. The summed E-state index contributed by atoms with van der Waals surface area (Å²) < 4.78 is 25.7. The van der Waals surface area contributed by atoms with Gasteiger partial charge < -0.3 is 18.9 Å². The SMILES string of the molecule is COC1(OC)[C@@H]2C[C@]3(C)C[C@H]1[C@@]1(OC3=O)c3c2ccc(Br)c3[C@@H]2O[C@@H]2[C@H]1Br. The van der Waals surface area contributed by atoms with Crippen LogP contribution in [0.1, 0.15) is 48.5 Å². The summed E-state index contributed by atoms with van der Waals surface area (Å²) >= 11 is 7.60. The molecule has 2 aliphatic heterocycles. The first kappa shape index (κ1) is 17.4. The summed E-state index contributed by atoms with van der Waals surface area (Å²) in [4.78, 5) is 13.0. The van der Waals surface area contributed by atoms with Gasteiger partial charge in [0.1, 0.15) is 12.2 Å². The Bertz CT molecular complexity index is 899. The van der Waals surface area contributed by atoms with Crippen LogP contribution in [0.5, 0.6) is 0 Å². The lowest BCUT2D eigenvalue weighted by molar-refractivity contribution is -0.337. The molecule has 7 atom stereocenters. The molecule has 0 N–H and O–H groups in total. The Hall–Kier alpha value is -0.470. The first-order valence-corrected chi connectivity index (χ1v) is 11.0. The molecule has 5 aliphatic rings. The first-order chi connectivity index (χ1) is 12.8. The molecule has 1 saturated carbocycles. The maximum absolute atomic E-state index is 13.2. The van der Waals surface area contributed by atoms with Gasteiger partial charge in [0, 0.05) is 35.7 Å². The molecular formula is C20H20Br2O5. The van der Waals surface area contributed by atoms with Crippen LogP contribution in [0.3, 0.4) is 0 Å². The monoisotopic (exact) mass is 498 g/mol. The molecule has 0 unspecified atom stereocenters. The van der Waals surface area contributed by atoms with Gasteiger partial charge in [0.05, 0.1) is 16.2 Å². The fourth-order valence-electron chi connectivity index (χ4n) is 6.51. The highest BCUT2D eigenvalue weighted by Gasteiger charge is 2.78. The van der Waals surface area contributed by atoms with Crippen LogP contribution in [-0.4, -0.2) is 36.9 Å². The standard InChI is InChI=1S/C20H20Br2O5/c1-18-6-9-8-4-5-10(21)12-13(8)19(27-17(18)23,16(22)15-14(12)26-15)11(7-18)20(9,24-2)25-3/h4-5,9,11,14-16H,6-7H2,1-3H3/t9-,11+,14+,15+,16-,18-,19-/m1/s1. The maximum atomic E-state index is 13.2. The van der Waals surface area contributed by atoms with Crippen LogP contribution in [-0.2, 0) is 29.3 Å². The predicted molar refractivity (Wildman–Crippen MR) is 103 cm³/mol. The molecule has 3 fully saturated rings. The van der Waals surface area contributed by atoms with Crippen molar-refractivity contribution in [2.24, 2.45) is 11.3 Å². The van der Waals surface area contributed by atoms with Crippen molar-refractivity contribution in [1.29, 1.82) is 0 Å². The summed E-state index contributed by atoms with van der Waals surface area (Å²) in [6, 6.07) is 4.22. The van der Waals surface area contributed by atoms with Gasteiger partial charge in [0.2, 0.25) is 0 Å². The molecule has 1 spiro atoms. The van der Waals surface area contributed by atoms with Crippen LogP contribution in [0, 0.1) is 11.3 Å². The number of carbonyl (C=O) groups excluding carboxylic acids is 1. The molecule has 0 amide bonds. The Kier molecular flexibility index (Phi) is 3.21. The number of esters is 1. The predicted octanol–water partition coefficient (Wildman–Crippen LogP) is 3.92. The fraction of sp³-hybridized carbons (Fsp3) is 0.650. The largest absolute Gasteiger partial charge is 0.452 e. The number of methoxy groups -OCH3 is 2. The van der Waals surface area contributed by atoms with E-state index in [1.54, 1.807) is 14.2 Å². The van der Waals surface area contributed by atoms with Crippen molar-refractivity contribution in [3.05, 3.63) is 33.3 Å². The third-order valence-corrected chi connectivity index (χ3v) is 9.58. The zero-order valence-electron chi connectivity index (χ0n) is 15.3. The number of hydrogen-bond donors (Lipinski definition) is 0. The van der Waals surface area contributed by atoms with Crippen LogP contribution in [0.15, 0.2) is 16.6 Å². The van der Waals surface area contributed by atoms with Crippen molar-refractivity contribution >= 4 is 37.8 Å². The van der Waals surface area contributed by atoms with Crippen LogP contribution >= 0.6 is 31.9 Å². The zero-order chi connectivity index (χ0) is 18.9. The van der Waals surface area contributed by atoms with Crippen molar-refractivity contribution in [3.63, 3.8) is 0 Å². The Labute approximate surface area is 174 Å². The van der Waals surface area contributed by atoms with E-state index in [0.29, 0.717) is 12.8 Å². The van der Waals surface area contributed by atoms with Crippen molar-refractivity contribution in [3.8, 4) is 0 Å². The van der Waals surface area contributed by atoms with Gasteiger partial charge in [-0.25, -0.2) is 0 Å². The highest BCUT2D eigenvalue weighted by Crippen LogP contribution is 2.73. The summed E-state index contributed by atoms with van der Waals surface area (Å²) in [5, 5.41) is 0. The van der Waals surface area contributed by atoms with Crippen LogP contribution < -0.4 is 0 Å². The maximum Gasteiger partial charge on any atom is 0.312 e.